The predicted octanol–water partition coefficient (Wildman–Crippen LogP) is 4.92. The second-order valence-corrected chi connectivity index (χ2v) is 7.21. The molecular weight excluding hydrogens is 407 g/mol. The minimum Gasteiger partial charge on any atom is -0.338 e. The first-order valence-electron chi connectivity index (χ1n) is 8.83. The third-order valence-electron chi connectivity index (χ3n) is 4.80. The third kappa shape index (κ3) is 4.12. The average molecular weight is 422 g/mol. The smallest absolute Gasteiger partial charge is 0.338 e. The Morgan fingerprint density at radius 3 is 2.55 bits per heavy atom. The lowest BCUT2D eigenvalue weighted by Gasteiger charge is -2.16. The number of halogens is 4. The molecule has 1 amide bonds. The van der Waals surface area contributed by atoms with Crippen molar-refractivity contribution in [2.75, 3.05) is 6.54 Å². The van der Waals surface area contributed by atoms with Crippen LogP contribution >= 0.6 is 11.6 Å². The van der Waals surface area contributed by atoms with Crippen molar-refractivity contribution in [3.8, 4) is 11.5 Å². The van der Waals surface area contributed by atoms with Gasteiger partial charge in [-0.15, -0.1) is 0 Å². The second kappa shape index (κ2) is 7.51. The molecule has 1 aromatic heterocycles. The van der Waals surface area contributed by atoms with E-state index in [0.29, 0.717) is 29.5 Å². The van der Waals surface area contributed by atoms with E-state index in [9.17, 15) is 18.0 Å². The van der Waals surface area contributed by atoms with Crippen LogP contribution in [0.25, 0.3) is 11.5 Å². The quantitative estimate of drug-likeness (QED) is 0.599. The molecule has 3 aromatic rings. The molecule has 2 heterocycles. The summed E-state index contributed by atoms with van der Waals surface area (Å²) in [6.07, 6.45) is -4.18. The Hall–Kier alpha value is -2.87. The molecule has 1 aliphatic rings. The number of aromatic nitrogens is 2. The van der Waals surface area contributed by atoms with E-state index in [0.717, 1.165) is 17.7 Å². The van der Waals surface area contributed by atoms with Crippen molar-refractivity contribution in [1.29, 1.82) is 0 Å². The van der Waals surface area contributed by atoms with Gasteiger partial charge in [-0.2, -0.15) is 18.2 Å². The maximum Gasteiger partial charge on any atom is 0.416 e. The van der Waals surface area contributed by atoms with E-state index in [1.807, 2.05) is 18.2 Å². The number of amides is 1. The van der Waals surface area contributed by atoms with Gasteiger partial charge in [-0.05, 0) is 35.9 Å². The molecule has 1 saturated heterocycles. The molecule has 150 valence electrons. The summed E-state index contributed by atoms with van der Waals surface area (Å²) in [7, 11) is 0. The Labute approximate surface area is 169 Å². The molecule has 4 rings (SSSR count). The van der Waals surface area contributed by atoms with E-state index in [2.05, 4.69) is 10.1 Å². The molecule has 0 bridgehead atoms. The first kappa shape index (κ1) is 19.4. The number of carbonyl (C=O) groups excluding carboxylic acids is 1. The van der Waals surface area contributed by atoms with Crippen molar-refractivity contribution in [3.63, 3.8) is 0 Å². The van der Waals surface area contributed by atoms with Gasteiger partial charge in [0.05, 0.1) is 5.56 Å². The molecule has 9 heteroatoms. The predicted molar refractivity (Wildman–Crippen MR) is 99.0 cm³/mol. The highest BCUT2D eigenvalue weighted by Crippen LogP contribution is 2.32. The first-order valence-corrected chi connectivity index (χ1v) is 9.21. The summed E-state index contributed by atoms with van der Waals surface area (Å²) >= 11 is 6.17. The largest absolute Gasteiger partial charge is 0.416 e. The molecule has 1 fully saturated rings. The van der Waals surface area contributed by atoms with Crippen LogP contribution in [0.4, 0.5) is 13.2 Å². The average Bonchev–Trinajstić information content (AvgIpc) is 3.30. The summed E-state index contributed by atoms with van der Waals surface area (Å²) in [5.74, 6) is 0.174. The van der Waals surface area contributed by atoms with Crippen LogP contribution in [0.3, 0.4) is 0 Å². The minimum atomic E-state index is -4.41. The lowest BCUT2D eigenvalue weighted by Crippen LogP contribution is -2.24. The van der Waals surface area contributed by atoms with Gasteiger partial charge in [0.15, 0.2) is 5.82 Å². The number of hydrogen-bond donors (Lipinski definition) is 0. The normalized spacial score (nSPS) is 17.2. The lowest BCUT2D eigenvalue weighted by atomic mass is 10.1. The molecule has 2 aromatic carbocycles. The van der Waals surface area contributed by atoms with Crippen LogP contribution in [0.1, 0.15) is 29.3 Å². The summed E-state index contributed by atoms with van der Waals surface area (Å²) in [5.41, 5.74) is 0.480. The molecule has 0 N–H and O–H groups in total. The van der Waals surface area contributed by atoms with E-state index in [4.69, 9.17) is 16.1 Å². The van der Waals surface area contributed by atoms with Gasteiger partial charge in [0, 0.05) is 36.0 Å². The van der Waals surface area contributed by atoms with Crippen LogP contribution in [-0.4, -0.2) is 27.5 Å². The van der Waals surface area contributed by atoms with Gasteiger partial charge in [0.2, 0.25) is 5.91 Å². The molecule has 1 aliphatic heterocycles. The molecule has 29 heavy (non-hydrogen) atoms. The van der Waals surface area contributed by atoms with Gasteiger partial charge in [-0.1, -0.05) is 35.0 Å². The Morgan fingerprint density at radius 2 is 1.86 bits per heavy atom. The number of nitrogens with zero attached hydrogens (tertiary/aromatic N) is 3. The zero-order chi connectivity index (χ0) is 20.6. The zero-order valence-electron chi connectivity index (χ0n) is 15.0. The highest BCUT2D eigenvalue weighted by molar-refractivity contribution is 6.31. The standard InChI is InChI=1S/C20H15ClF3N3O2/c21-16-4-2-1-3-13(16)10-27-11-14(9-17(27)28)18-25-19(29-26-18)12-5-7-15(8-6-12)20(22,23)24/h1-8,14H,9-11H2. The van der Waals surface area contributed by atoms with Gasteiger partial charge >= 0.3 is 6.18 Å². The number of carbonyl (C=O) groups is 1. The molecule has 1 unspecified atom stereocenters. The molecule has 5 nitrogen and oxygen atoms in total. The first-order chi connectivity index (χ1) is 13.8. The summed E-state index contributed by atoms with van der Waals surface area (Å²) < 4.78 is 43.3. The van der Waals surface area contributed by atoms with Crippen LogP contribution in [0, 0.1) is 0 Å². The van der Waals surface area contributed by atoms with Crippen LogP contribution in [0.5, 0.6) is 0 Å². The molecule has 1 atom stereocenters. The third-order valence-corrected chi connectivity index (χ3v) is 5.17. The topological polar surface area (TPSA) is 59.2 Å². The number of alkyl halides is 3. The fourth-order valence-electron chi connectivity index (χ4n) is 3.25. The Morgan fingerprint density at radius 1 is 1.14 bits per heavy atom. The minimum absolute atomic E-state index is 0.0456. The van der Waals surface area contributed by atoms with Gasteiger partial charge in [0.1, 0.15) is 0 Å². The van der Waals surface area contributed by atoms with E-state index < -0.39 is 11.7 Å². The van der Waals surface area contributed by atoms with Gasteiger partial charge < -0.3 is 9.42 Å². The van der Waals surface area contributed by atoms with E-state index >= 15 is 0 Å². The Bertz CT molecular complexity index is 1030. The summed E-state index contributed by atoms with van der Waals surface area (Å²) in [6.45, 7) is 0.800. The van der Waals surface area contributed by atoms with Gasteiger partial charge in [-0.25, -0.2) is 0 Å². The van der Waals surface area contributed by atoms with Crippen molar-refractivity contribution in [2.24, 2.45) is 0 Å². The van der Waals surface area contributed by atoms with Crippen LogP contribution in [0.2, 0.25) is 5.02 Å². The second-order valence-electron chi connectivity index (χ2n) is 6.80. The summed E-state index contributed by atoms with van der Waals surface area (Å²) in [4.78, 5) is 18.3. The van der Waals surface area contributed by atoms with Crippen LogP contribution in [0.15, 0.2) is 53.1 Å². The number of hydrogen-bond acceptors (Lipinski definition) is 4. The van der Waals surface area contributed by atoms with E-state index in [1.165, 1.54) is 12.1 Å². The number of benzene rings is 2. The number of likely N-dealkylation sites (tertiary alicyclic amines) is 1. The molecule has 0 spiro atoms. The summed E-state index contributed by atoms with van der Waals surface area (Å²) in [5, 5.41) is 4.52. The zero-order valence-corrected chi connectivity index (χ0v) is 15.7. The van der Waals surface area contributed by atoms with Crippen molar-refractivity contribution in [2.45, 2.75) is 25.1 Å². The molecule has 0 aliphatic carbocycles. The fraction of sp³-hybridized carbons (Fsp3) is 0.250. The highest BCUT2D eigenvalue weighted by atomic mass is 35.5. The monoisotopic (exact) mass is 421 g/mol. The van der Waals surface area contributed by atoms with Crippen LogP contribution in [-0.2, 0) is 17.5 Å². The fourth-order valence-corrected chi connectivity index (χ4v) is 3.45. The van der Waals surface area contributed by atoms with E-state index in [-0.39, 0.29) is 24.1 Å². The van der Waals surface area contributed by atoms with Crippen molar-refractivity contribution in [1.82, 2.24) is 15.0 Å². The van der Waals surface area contributed by atoms with Crippen molar-refractivity contribution < 1.29 is 22.5 Å². The van der Waals surface area contributed by atoms with E-state index in [1.54, 1.807) is 11.0 Å². The molecule has 0 saturated carbocycles. The summed E-state index contributed by atoms with van der Waals surface area (Å²) in [6, 6.07) is 11.8. The highest BCUT2D eigenvalue weighted by Gasteiger charge is 2.34. The maximum atomic E-state index is 12.7. The lowest BCUT2D eigenvalue weighted by molar-refractivity contribution is -0.137. The van der Waals surface area contributed by atoms with Crippen molar-refractivity contribution in [3.05, 3.63) is 70.5 Å². The Kier molecular flexibility index (Phi) is 5.04. The maximum absolute atomic E-state index is 12.7. The van der Waals surface area contributed by atoms with Gasteiger partial charge in [-0.3, -0.25) is 4.79 Å². The van der Waals surface area contributed by atoms with Gasteiger partial charge in [0.25, 0.3) is 5.89 Å². The van der Waals surface area contributed by atoms with Crippen LogP contribution < -0.4 is 0 Å². The number of rotatable bonds is 4. The molecule has 0 radical (unpaired) electrons. The van der Waals surface area contributed by atoms with Crippen molar-refractivity contribution >= 4 is 17.5 Å². The molecular formula is C20H15ClF3N3O2. The Balaban J connectivity index is 1.47. The SMILES string of the molecule is O=C1CC(c2noc(-c3ccc(C(F)(F)F)cc3)n2)CN1Cc1ccccc1Cl.